The highest BCUT2D eigenvalue weighted by atomic mass is 32.1. The first-order valence-corrected chi connectivity index (χ1v) is 7.57. The fourth-order valence-electron chi connectivity index (χ4n) is 2.73. The summed E-state index contributed by atoms with van der Waals surface area (Å²) >= 11 is 1.81. The Hall–Kier alpha value is -1.27. The van der Waals surface area contributed by atoms with Crippen LogP contribution < -0.4 is 0 Å². The predicted molar refractivity (Wildman–Crippen MR) is 74.9 cm³/mol. The van der Waals surface area contributed by atoms with Gasteiger partial charge < -0.3 is 0 Å². The standard InChI is InChI=1S/C13H19N5S/c1-11-15-5-13(19-11)8-17-4-2-3-12(6-17)7-18-10-14-9-16-18/h5,9-10,12H,2-4,6-8H2,1H3. The van der Waals surface area contributed by atoms with Gasteiger partial charge in [-0.1, -0.05) is 0 Å². The number of hydrogen-bond acceptors (Lipinski definition) is 5. The molecule has 1 atom stereocenters. The van der Waals surface area contributed by atoms with E-state index in [-0.39, 0.29) is 0 Å². The van der Waals surface area contributed by atoms with Crippen LogP contribution in [-0.2, 0) is 13.1 Å². The normalized spacial score (nSPS) is 20.8. The van der Waals surface area contributed by atoms with E-state index in [1.54, 1.807) is 6.33 Å². The molecule has 3 heterocycles. The third-order valence-electron chi connectivity index (χ3n) is 3.56. The van der Waals surface area contributed by atoms with Crippen LogP contribution in [0.2, 0.25) is 0 Å². The second-order valence-corrected chi connectivity index (χ2v) is 6.53. The monoisotopic (exact) mass is 277 g/mol. The van der Waals surface area contributed by atoms with E-state index in [0.717, 1.165) is 24.6 Å². The highest BCUT2D eigenvalue weighted by Gasteiger charge is 2.21. The lowest BCUT2D eigenvalue weighted by molar-refractivity contribution is 0.154. The van der Waals surface area contributed by atoms with Gasteiger partial charge in [0.25, 0.3) is 0 Å². The molecule has 0 bridgehead atoms. The molecule has 19 heavy (non-hydrogen) atoms. The summed E-state index contributed by atoms with van der Waals surface area (Å²) < 4.78 is 1.95. The first-order chi connectivity index (χ1) is 9.29. The first kappa shape index (κ1) is 12.7. The molecule has 0 amide bonds. The largest absolute Gasteiger partial charge is 0.298 e. The van der Waals surface area contributed by atoms with Crippen molar-refractivity contribution in [3.63, 3.8) is 0 Å². The Morgan fingerprint density at radius 2 is 2.42 bits per heavy atom. The Morgan fingerprint density at radius 1 is 1.47 bits per heavy atom. The van der Waals surface area contributed by atoms with Crippen molar-refractivity contribution < 1.29 is 0 Å². The van der Waals surface area contributed by atoms with Crippen molar-refractivity contribution in [2.45, 2.75) is 32.9 Å². The van der Waals surface area contributed by atoms with E-state index in [2.05, 4.69) is 26.9 Å². The molecule has 0 aromatic carbocycles. The zero-order valence-corrected chi connectivity index (χ0v) is 12.0. The van der Waals surface area contributed by atoms with Crippen LogP contribution in [0.1, 0.15) is 22.7 Å². The van der Waals surface area contributed by atoms with E-state index >= 15 is 0 Å². The van der Waals surface area contributed by atoms with Crippen molar-refractivity contribution in [3.8, 4) is 0 Å². The Bertz CT molecular complexity index is 507. The fourth-order valence-corrected chi connectivity index (χ4v) is 3.57. The second kappa shape index (κ2) is 5.79. The van der Waals surface area contributed by atoms with Gasteiger partial charge in [-0.3, -0.25) is 9.58 Å². The summed E-state index contributed by atoms with van der Waals surface area (Å²) in [6.45, 7) is 6.44. The number of aryl methyl sites for hydroxylation is 1. The molecule has 1 unspecified atom stereocenters. The van der Waals surface area contributed by atoms with Gasteiger partial charge in [0.1, 0.15) is 12.7 Å². The number of thiazole rings is 1. The average molecular weight is 277 g/mol. The van der Waals surface area contributed by atoms with E-state index in [0.29, 0.717) is 5.92 Å². The zero-order valence-electron chi connectivity index (χ0n) is 11.2. The number of aromatic nitrogens is 4. The molecule has 0 N–H and O–H groups in total. The Morgan fingerprint density at radius 3 is 3.16 bits per heavy atom. The highest BCUT2D eigenvalue weighted by Crippen LogP contribution is 2.21. The maximum atomic E-state index is 4.33. The molecule has 0 saturated carbocycles. The minimum absolute atomic E-state index is 0.685. The highest BCUT2D eigenvalue weighted by molar-refractivity contribution is 7.11. The first-order valence-electron chi connectivity index (χ1n) is 6.75. The van der Waals surface area contributed by atoms with Crippen LogP contribution in [0.5, 0.6) is 0 Å². The minimum Gasteiger partial charge on any atom is -0.298 e. The summed E-state index contributed by atoms with van der Waals surface area (Å²) in [4.78, 5) is 12.3. The van der Waals surface area contributed by atoms with Gasteiger partial charge in [0.15, 0.2) is 0 Å². The molecule has 102 valence electrons. The molecule has 6 heteroatoms. The lowest BCUT2D eigenvalue weighted by Crippen LogP contribution is -2.36. The Kier molecular flexibility index (Phi) is 3.89. The van der Waals surface area contributed by atoms with E-state index in [9.17, 15) is 0 Å². The van der Waals surface area contributed by atoms with E-state index in [1.807, 2.05) is 28.5 Å². The van der Waals surface area contributed by atoms with Gasteiger partial charge in [-0.25, -0.2) is 9.97 Å². The van der Waals surface area contributed by atoms with E-state index in [1.165, 1.54) is 24.3 Å². The van der Waals surface area contributed by atoms with Crippen LogP contribution in [0, 0.1) is 12.8 Å². The maximum absolute atomic E-state index is 4.33. The minimum atomic E-state index is 0.685. The van der Waals surface area contributed by atoms with Gasteiger partial charge in [0.05, 0.1) is 5.01 Å². The van der Waals surface area contributed by atoms with Crippen molar-refractivity contribution in [1.29, 1.82) is 0 Å². The molecular formula is C13H19N5S. The molecule has 0 spiro atoms. The number of likely N-dealkylation sites (tertiary alicyclic amines) is 1. The molecule has 1 aliphatic rings. The lowest BCUT2D eigenvalue weighted by atomic mass is 9.98. The van der Waals surface area contributed by atoms with Crippen molar-refractivity contribution >= 4 is 11.3 Å². The Balaban J connectivity index is 1.55. The van der Waals surface area contributed by atoms with Crippen LogP contribution in [0.4, 0.5) is 0 Å². The zero-order chi connectivity index (χ0) is 13.1. The predicted octanol–water partition coefficient (Wildman–Crippen LogP) is 1.96. The van der Waals surface area contributed by atoms with Crippen molar-refractivity contribution in [2.75, 3.05) is 13.1 Å². The van der Waals surface area contributed by atoms with Crippen LogP contribution >= 0.6 is 11.3 Å². The number of rotatable bonds is 4. The van der Waals surface area contributed by atoms with Gasteiger partial charge in [0.2, 0.25) is 0 Å². The van der Waals surface area contributed by atoms with Crippen molar-refractivity contribution in [2.24, 2.45) is 5.92 Å². The number of piperidine rings is 1. The lowest BCUT2D eigenvalue weighted by Gasteiger charge is -2.32. The summed E-state index contributed by atoms with van der Waals surface area (Å²) in [6.07, 6.45) is 8.00. The molecular weight excluding hydrogens is 258 g/mol. The van der Waals surface area contributed by atoms with Crippen LogP contribution in [0.15, 0.2) is 18.9 Å². The molecule has 0 aliphatic carbocycles. The molecule has 2 aromatic rings. The van der Waals surface area contributed by atoms with Crippen LogP contribution in [0.3, 0.4) is 0 Å². The van der Waals surface area contributed by atoms with Gasteiger partial charge in [-0.2, -0.15) is 5.10 Å². The third-order valence-corrected chi connectivity index (χ3v) is 4.46. The van der Waals surface area contributed by atoms with Crippen LogP contribution in [0.25, 0.3) is 0 Å². The molecule has 5 nitrogen and oxygen atoms in total. The maximum Gasteiger partial charge on any atom is 0.137 e. The topological polar surface area (TPSA) is 46.8 Å². The van der Waals surface area contributed by atoms with Gasteiger partial charge in [0, 0.05) is 30.7 Å². The van der Waals surface area contributed by atoms with Gasteiger partial charge in [-0.15, -0.1) is 11.3 Å². The fraction of sp³-hybridized carbons (Fsp3) is 0.615. The van der Waals surface area contributed by atoms with Gasteiger partial charge in [-0.05, 0) is 32.2 Å². The average Bonchev–Trinajstić information content (AvgIpc) is 3.02. The molecule has 1 aliphatic heterocycles. The molecule has 3 rings (SSSR count). The number of nitrogens with zero attached hydrogens (tertiary/aromatic N) is 5. The molecule has 1 saturated heterocycles. The summed E-state index contributed by atoms with van der Waals surface area (Å²) in [6, 6.07) is 0. The summed E-state index contributed by atoms with van der Waals surface area (Å²) in [7, 11) is 0. The molecule has 2 aromatic heterocycles. The SMILES string of the molecule is Cc1ncc(CN2CCCC(Cn3cncn3)C2)s1. The van der Waals surface area contributed by atoms with E-state index in [4.69, 9.17) is 0 Å². The van der Waals surface area contributed by atoms with Crippen molar-refractivity contribution in [3.05, 3.63) is 28.7 Å². The van der Waals surface area contributed by atoms with Crippen LogP contribution in [-0.4, -0.2) is 37.7 Å². The quantitative estimate of drug-likeness (QED) is 0.857. The van der Waals surface area contributed by atoms with E-state index < -0.39 is 0 Å². The summed E-state index contributed by atoms with van der Waals surface area (Å²) in [5.41, 5.74) is 0. The molecule has 1 fully saturated rings. The van der Waals surface area contributed by atoms with Crippen molar-refractivity contribution in [1.82, 2.24) is 24.6 Å². The summed E-state index contributed by atoms with van der Waals surface area (Å²) in [5.74, 6) is 0.685. The summed E-state index contributed by atoms with van der Waals surface area (Å²) in [5, 5.41) is 5.36. The Labute approximate surface area is 117 Å². The number of hydrogen-bond donors (Lipinski definition) is 0. The second-order valence-electron chi connectivity index (χ2n) is 5.21. The third kappa shape index (κ3) is 3.39. The van der Waals surface area contributed by atoms with Gasteiger partial charge >= 0.3 is 0 Å². The molecule has 0 radical (unpaired) electrons. The smallest absolute Gasteiger partial charge is 0.137 e.